The first-order chi connectivity index (χ1) is 10.2. The van der Waals surface area contributed by atoms with E-state index in [1.54, 1.807) is 6.07 Å². The largest absolute Gasteiger partial charge is 0.382 e. The van der Waals surface area contributed by atoms with Crippen molar-refractivity contribution in [1.29, 1.82) is 0 Å². The van der Waals surface area contributed by atoms with Crippen LogP contribution in [0.25, 0.3) is 0 Å². The second-order valence-electron chi connectivity index (χ2n) is 6.76. The maximum absolute atomic E-state index is 13.5. The lowest BCUT2D eigenvalue weighted by Gasteiger charge is -2.39. The Hall–Kier alpha value is -0.760. The van der Waals surface area contributed by atoms with E-state index >= 15 is 0 Å². The molecule has 0 spiro atoms. The van der Waals surface area contributed by atoms with E-state index in [0.29, 0.717) is 11.1 Å². The van der Waals surface area contributed by atoms with Gasteiger partial charge in [-0.2, -0.15) is 0 Å². The van der Waals surface area contributed by atoms with Gasteiger partial charge in [-0.1, -0.05) is 56.5 Å². The second kappa shape index (κ2) is 7.00. The highest BCUT2D eigenvalue weighted by Gasteiger charge is 2.32. The number of halogens is 2. The lowest BCUT2D eigenvalue weighted by atomic mass is 9.71. The van der Waals surface area contributed by atoms with E-state index in [1.807, 2.05) is 6.07 Å². The predicted molar refractivity (Wildman–Crippen MR) is 87.4 cm³/mol. The molecule has 0 radical (unpaired) electrons. The Morgan fingerprint density at radius 2 is 1.62 bits per heavy atom. The molecule has 2 fully saturated rings. The minimum Gasteiger partial charge on any atom is -0.382 e. The number of hydrogen-bond acceptors (Lipinski definition) is 1. The van der Waals surface area contributed by atoms with Gasteiger partial charge < -0.3 is 5.32 Å². The molecule has 0 saturated heterocycles. The van der Waals surface area contributed by atoms with Gasteiger partial charge in [0.2, 0.25) is 0 Å². The lowest BCUT2D eigenvalue weighted by molar-refractivity contribution is 0.180. The smallest absolute Gasteiger partial charge is 0.126 e. The van der Waals surface area contributed by atoms with E-state index in [0.717, 1.165) is 17.5 Å². The molecule has 1 nitrogen and oxygen atoms in total. The van der Waals surface area contributed by atoms with Gasteiger partial charge in [-0.25, -0.2) is 4.39 Å². The van der Waals surface area contributed by atoms with E-state index in [1.165, 1.54) is 63.9 Å². The van der Waals surface area contributed by atoms with Gasteiger partial charge in [-0.05, 0) is 42.9 Å². The zero-order chi connectivity index (χ0) is 14.7. The summed E-state index contributed by atoms with van der Waals surface area (Å²) >= 11 is 5.97. The van der Waals surface area contributed by atoms with Crippen molar-refractivity contribution in [2.75, 3.05) is 5.32 Å². The SMILES string of the molecule is Fc1cc(Cl)cc(NC2CCCCC2C2CCCCC2)c1. The van der Waals surface area contributed by atoms with Crippen molar-refractivity contribution in [2.45, 2.75) is 63.8 Å². The summed E-state index contributed by atoms with van der Waals surface area (Å²) in [7, 11) is 0. The molecule has 0 aromatic heterocycles. The predicted octanol–water partition coefficient (Wildman–Crippen LogP) is 6.03. The molecule has 2 unspecified atom stereocenters. The van der Waals surface area contributed by atoms with Gasteiger partial charge in [0.25, 0.3) is 0 Å². The molecular formula is C18H25ClFN. The molecule has 0 bridgehead atoms. The highest BCUT2D eigenvalue weighted by atomic mass is 35.5. The monoisotopic (exact) mass is 309 g/mol. The molecule has 3 rings (SSSR count). The minimum atomic E-state index is -0.255. The summed E-state index contributed by atoms with van der Waals surface area (Å²) in [6, 6.07) is 5.27. The van der Waals surface area contributed by atoms with Crippen LogP contribution in [0.5, 0.6) is 0 Å². The fourth-order valence-electron chi connectivity index (χ4n) is 4.32. The topological polar surface area (TPSA) is 12.0 Å². The van der Waals surface area contributed by atoms with E-state index in [2.05, 4.69) is 5.32 Å². The third-order valence-corrected chi connectivity index (χ3v) is 5.51. The van der Waals surface area contributed by atoms with Gasteiger partial charge in [0.1, 0.15) is 5.82 Å². The molecule has 2 atom stereocenters. The average molecular weight is 310 g/mol. The molecule has 2 saturated carbocycles. The van der Waals surface area contributed by atoms with E-state index in [-0.39, 0.29) is 5.82 Å². The quantitative estimate of drug-likeness (QED) is 0.718. The number of anilines is 1. The highest BCUT2D eigenvalue weighted by Crippen LogP contribution is 2.39. The Kier molecular flexibility index (Phi) is 5.05. The number of hydrogen-bond donors (Lipinski definition) is 1. The summed E-state index contributed by atoms with van der Waals surface area (Å²) in [6.45, 7) is 0. The van der Waals surface area contributed by atoms with Gasteiger partial charge in [0, 0.05) is 16.8 Å². The number of rotatable bonds is 3. The third kappa shape index (κ3) is 3.91. The molecule has 2 aliphatic carbocycles. The Balaban J connectivity index is 1.71. The van der Waals surface area contributed by atoms with Gasteiger partial charge in [-0.3, -0.25) is 0 Å². The molecule has 116 valence electrons. The first-order valence-electron chi connectivity index (χ1n) is 8.45. The molecule has 2 aliphatic rings. The van der Waals surface area contributed by atoms with Crippen molar-refractivity contribution in [1.82, 2.24) is 0 Å². The average Bonchev–Trinajstić information content (AvgIpc) is 2.48. The fraction of sp³-hybridized carbons (Fsp3) is 0.667. The van der Waals surface area contributed by atoms with Crippen LogP contribution in [0.3, 0.4) is 0 Å². The molecule has 0 aliphatic heterocycles. The van der Waals surface area contributed by atoms with Gasteiger partial charge in [0.05, 0.1) is 0 Å². The van der Waals surface area contributed by atoms with Crippen molar-refractivity contribution < 1.29 is 4.39 Å². The van der Waals surface area contributed by atoms with Crippen LogP contribution in [0.1, 0.15) is 57.8 Å². The summed E-state index contributed by atoms with van der Waals surface area (Å²) in [5, 5.41) is 4.06. The molecule has 1 aromatic rings. The van der Waals surface area contributed by atoms with Crippen LogP contribution in [-0.4, -0.2) is 6.04 Å². The third-order valence-electron chi connectivity index (χ3n) is 5.29. The van der Waals surface area contributed by atoms with E-state index < -0.39 is 0 Å². The number of benzene rings is 1. The molecule has 21 heavy (non-hydrogen) atoms. The van der Waals surface area contributed by atoms with Crippen LogP contribution < -0.4 is 5.32 Å². The normalized spacial score (nSPS) is 27.5. The van der Waals surface area contributed by atoms with Crippen molar-refractivity contribution in [3.63, 3.8) is 0 Å². The molecule has 1 aromatic carbocycles. The minimum absolute atomic E-state index is 0.255. The molecule has 3 heteroatoms. The van der Waals surface area contributed by atoms with E-state index in [9.17, 15) is 4.39 Å². The summed E-state index contributed by atoms with van der Waals surface area (Å²) < 4.78 is 13.5. The molecule has 1 N–H and O–H groups in total. The molecule has 0 heterocycles. The van der Waals surface area contributed by atoms with Gasteiger partial charge in [-0.15, -0.1) is 0 Å². The van der Waals surface area contributed by atoms with Crippen molar-refractivity contribution in [3.05, 3.63) is 29.0 Å². The number of nitrogens with one attached hydrogen (secondary N) is 1. The van der Waals surface area contributed by atoms with Crippen LogP contribution in [0.15, 0.2) is 18.2 Å². The van der Waals surface area contributed by atoms with Crippen molar-refractivity contribution in [3.8, 4) is 0 Å². The molecule has 0 amide bonds. The van der Waals surface area contributed by atoms with Crippen LogP contribution in [-0.2, 0) is 0 Å². The highest BCUT2D eigenvalue weighted by molar-refractivity contribution is 6.30. The summed E-state index contributed by atoms with van der Waals surface area (Å²) in [4.78, 5) is 0. The Morgan fingerprint density at radius 1 is 0.905 bits per heavy atom. The first-order valence-corrected chi connectivity index (χ1v) is 8.83. The maximum atomic E-state index is 13.5. The van der Waals surface area contributed by atoms with Crippen LogP contribution in [0.4, 0.5) is 10.1 Å². The van der Waals surface area contributed by atoms with Crippen LogP contribution >= 0.6 is 11.6 Å². The van der Waals surface area contributed by atoms with Crippen LogP contribution in [0, 0.1) is 17.7 Å². The Labute approximate surface area is 132 Å². The van der Waals surface area contributed by atoms with Crippen molar-refractivity contribution >= 4 is 17.3 Å². The van der Waals surface area contributed by atoms with Crippen molar-refractivity contribution in [2.24, 2.45) is 11.8 Å². The Morgan fingerprint density at radius 3 is 2.38 bits per heavy atom. The lowest BCUT2D eigenvalue weighted by Crippen LogP contribution is -2.37. The Bertz CT molecular complexity index is 450. The maximum Gasteiger partial charge on any atom is 0.126 e. The summed E-state index contributed by atoms with van der Waals surface area (Å²) in [6.07, 6.45) is 12.1. The second-order valence-corrected chi connectivity index (χ2v) is 7.19. The fourth-order valence-corrected chi connectivity index (χ4v) is 4.54. The first kappa shape index (κ1) is 15.1. The summed E-state index contributed by atoms with van der Waals surface area (Å²) in [5.41, 5.74) is 0.840. The standard InChI is InChI=1S/C18H25ClFN/c19-14-10-15(20)12-16(11-14)21-18-9-5-4-8-17(18)13-6-2-1-3-7-13/h10-13,17-18,21H,1-9H2. The van der Waals surface area contributed by atoms with Gasteiger partial charge >= 0.3 is 0 Å². The zero-order valence-electron chi connectivity index (χ0n) is 12.6. The van der Waals surface area contributed by atoms with Gasteiger partial charge in [0.15, 0.2) is 0 Å². The zero-order valence-corrected chi connectivity index (χ0v) is 13.3. The van der Waals surface area contributed by atoms with Crippen LogP contribution in [0.2, 0.25) is 5.02 Å². The molecular weight excluding hydrogens is 285 g/mol. The summed E-state index contributed by atoms with van der Waals surface area (Å²) in [5.74, 6) is 1.36. The van der Waals surface area contributed by atoms with E-state index in [4.69, 9.17) is 11.6 Å².